The number of aryl methyl sites for hydroxylation is 1. The number of hydrogen-bond acceptors (Lipinski definition) is 5. The highest BCUT2D eigenvalue weighted by Crippen LogP contribution is 2.17. The lowest BCUT2D eigenvalue weighted by Gasteiger charge is -2.23. The summed E-state index contributed by atoms with van der Waals surface area (Å²) >= 11 is 0. The van der Waals surface area contributed by atoms with Crippen LogP contribution in [0.25, 0.3) is 0 Å². The van der Waals surface area contributed by atoms with Crippen molar-refractivity contribution in [3.05, 3.63) is 90.0 Å². The van der Waals surface area contributed by atoms with Crippen molar-refractivity contribution in [2.75, 3.05) is 5.01 Å². The first-order valence-electron chi connectivity index (χ1n) is 8.05. The lowest BCUT2D eigenvalue weighted by molar-refractivity contribution is 0.811. The van der Waals surface area contributed by atoms with Gasteiger partial charge in [-0.1, -0.05) is 53.8 Å². The molecule has 126 valence electrons. The highest BCUT2D eigenvalue weighted by atomic mass is 15.5. The number of para-hydroxylation sites is 1. The third kappa shape index (κ3) is 4.11. The van der Waals surface area contributed by atoms with Gasteiger partial charge in [-0.05, 0) is 30.5 Å². The summed E-state index contributed by atoms with van der Waals surface area (Å²) in [6.07, 6.45) is 5.42. The van der Waals surface area contributed by atoms with Gasteiger partial charge in [-0.15, -0.1) is 0 Å². The Balaban J connectivity index is 1.59. The van der Waals surface area contributed by atoms with Crippen LogP contribution in [-0.4, -0.2) is 5.84 Å². The number of rotatable bonds is 6. The van der Waals surface area contributed by atoms with Crippen molar-refractivity contribution >= 4 is 11.5 Å². The Bertz CT molecular complexity index is 795. The molecular weight excluding hydrogens is 312 g/mol. The number of nitrogens with zero attached hydrogens (tertiary/aromatic N) is 2. The molecule has 0 unspecified atom stereocenters. The van der Waals surface area contributed by atoms with E-state index in [4.69, 9.17) is 10.9 Å². The Morgan fingerprint density at radius 2 is 1.56 bits per heavy atom. The second-order valence-corrected chi connectivity index (χ2v) is 5.60. The van der Waals surface area contributed by atoms with Gasteiger partial charge in [0.2, 0.25) is 0 Å². The summed E-state index contributed by atoms with van der Waals surface area (Å²) < 4.78 is 0. The van der Waals surface area contributed by atoms with Crippen molar-refractivity contribution in [1.82, 2.24) is 10.6 Å². The van der Waals surface area contributed by atoms with Gasteiger partial charge in [0.05, 0.1) is 11.4 Å². The Morgan fingerprint density at radius 3 is 2.16 bits per heavy atom. The van der Waals surface area contributed by atoms with Crippen LogP contribution in [0.2, 0.25) is 0 Å². The van der Waals surface area contributed by atoms with Gasteiger partial charge in [-0.25, -0.2) is 0 Å². The second kappa shape index (κ2) is 7.92. The van der Waals surface area contributed by atoms with Gasteiger partial charge in [-0.2, -0.15) is 10.5 Å². The van der Waals surface area contributed by atoms with Crippen LogP contribution in [0.1, 0.15) is 12.0 Å². The standard InChI is InChI=1S/C19H20N6/c20-19(25(24-21)17-9-5-2-6-10-17)18-14-22-16(13-23-18)12-11-15-7-3-1-4-8-15/h1-10,13-14,20-23H,11-12H2. The van der Waals surface area contributed by atoms with Crippen molar-refractivity contribution in [3.8, 4) is 0 Å². The van der Waals surface area contributed by atoms with E-state index in [0.29, 0.717) is 11.4 Å². The van der Waals surface area contributed by atoms with E-state index >= 15 is 0 Å². The summed E-state index contributed by atoms with van der Waals surface area (Å²) in [7, 11) is 0. The van der Waals surface area contributed by atoms with Gasteiger partial charge in [-0.3, -0.25) is 5.41 Å². The van der Waals surface area contributed by atoms with Gasteiger partial charge >= 0.3 is 0 Å². The van der Waals surface area contributed by atoms with Crippen LogP contribution in [0.15, 0.2) is 89.7 Å². The van der Waals surface area contributed by atoms with E-state index in [2.05, 4.69) is 28.0 Å². The second-order valence-electron chi connectivity index (χ2n) is 5.60. The molecule has 2 aromatic carbocycles. The van der Waals surface area contributed by atoms with E-state index in [0.717, 1.165) is 18.5 Å². The predicted molar refractivity (Wildman–Crippen MR) is 99.0 cm³/mol. The molecule has 0 aliphatic carbocycles. The number of amidine groups is 1. The molecule has 6 heteroatoms. The van der Waals surface area contributed by atoms with Crippen LogP contribution in [0, 0.1) is 10.9 Å². The van der Waals surface area contributed by atoms with E-state index in [1.54, 1.807) is 6.20 Å². The molecule has 0 amide bonds. The number of nitrogens with one attached hydrogen (secondary N) is 4. The van der Waals surface area contributed by atoms with Gasteiger partial charge < -0.3 is 10.6 Å². The fraction of sp³-hybridized carbons (Fsp3) is 0.105. The maximum absolute atomic E-state index is 8.29. The minimum atomic E-state index is 0.104. The zero-order chi connectivity index (χ0) is 17.5. The molecule has 4 N–H and O–H groups in total. The van der Waals surface area contributed by atoms with Crippen LogP contribution in [-0.2, 0) is 6.42 Å². The minimum absolute atomic E-state index is 0.104. The van der Waals surface area contributed by atoms with Gasteiger partial charge in [0.1, 0.15) is 0 Å². The normalized spacial score (nSPS) is 13.0. The molecule has 1 aliphatic rings. The van der Waals surface area contributed by atoms with Crippen LogP contribution in [0.4, 0.5) is 5.69 Å². The van der Waals surface area contributed by atoms with Crippen molar-refractivity contribution < 1.29 is 0 Å². The van der Waals surface area contributed by atoms with Crippen molar-refractivity contribution in [1.29, 1.82) is 10.9 Å². The maximum atomic E-state index is 8.29. The monoisotopic (exact) mass is 332 g/mol. The van der Waals surface area contributed by atoms with Crippen LogP contribution >= 0.6 is 0 Å². The Kier molecular flexibility index (Phi) is 5.21. The molecule has 6 nitrogen and oxygen atoms in total. The van der Waals surface area contributed by atoms with E-state index in [9.17, 15) is 0 Å². The highest BCUT2D eigenvalue weighted by Gasteiger charge is 2.17. The summed E-state index contributed by atoms with van der Waals surface area (Å²) in [5.74, 6) is 0.104. The molecule has 0 saturated carbocycles. The summed E-state index contributed by atoms with van der Waals surface area (Å²) in [5.41, 5.74) is 10.9. The molecule has 0 aromatic heterocycles. The van der Waals surface area contributed by atoms with Crippen molar-refractivity contribution in [2.45, 2.75) is 12.8 Å². The number of benzene rings is 2. The number of anilines is 1. The Hall–Kier alpha value is -3.41. The molecule has 0 atom stereocenters. The van der Waals surface area contributed by atoms with Gasteiger partial charge in [0.25, 0.3) is 0 Å². The molecule has 0 radical (unpaired) electrons. The Morgan fingerprint density at radius 1 is 0.880 bits per heavy atom. The molecular formula is C19H20N6. The molecule has 2 aromatic rings. The summed E-state index contributed by atoms with van der Waals surface area (Å²) in [6, 6.07) is 19.5. The zero-order valence-corrected chi connectivity index (χ0v) is 13.7. The largest absolute Gasteiger partial charge is 0.362 e. The SMILES string of the molecule is N=NN(C(=N)C1=CNC(CCc2ccccc2)=CN1)c1ccccc1. The van der Waals surface area contributed by atoms with E-state index < -0.39 is 0 Å². The van der Waals surface area contributed by atoms with Crippen molar-refractivity contribution in [3.63, 3.8) is 0 Å². The quantitative estimate of drug-likeness (QED) is 0.280. The zero-order valence-electron chi connectivity index (χ0n) is 13.7. The van der Waals surface area contributed by atoms with Crippen molar-refractivity contribution in [2.24, 2.45) is 5.22 Å². The van der Waals surface area contributed by atoms with Crippen LogP contribution in [0.3, 0.4) is 0 Å². The molecule has 0 fully saturated rings. The summed E-state index contributed by atoms with van der Waals surface area (Å²) in [4.78, 5) is 0. The van der Waals surface area contributed by atoms with E-state index in [-0.39, 0.29) is 5.84 Å². The molecule has 25 heavy (non-hydrogen) atoms. The first kappa shape index (κ1) is 16.4. The van der Waals surface area contributed by atoms with Crippen LogP contribution in [0.5, 0.6) is 0 Å². The summed E-state index contributed by atoms with van der Waals surface area (Å²) in [5, 5.41) is 19.4. The van der Waals surface area contributed by atoms with E-state index in [1.807, 2.05) is 54.7 Å². The average molecular weight is 332 g/mol. The predicted octanol–water partition coefficient (Wildman–Crippen LogP) is 3.92. The fourth-order valence-corrected chi connectivity index (χ4v) is 2.54. The third-order valence-corrected chi connectivity index (χ3v) is 3.90. The first-order chi connectivity index (χ1) is 12.3. The lowest BCUT2D eigenvalue weighted by Crippen LogP contribution is -2.34. The average Bonchev–Trinajstić information content (AvgIpc) is 2.69. The smallest absolute Gasteiger partial charge is 0.173 e. The topological polar surface area (TPSA) is 87.4 Å². The minimum Gasteiger partial charge on any atom is -0.362 e. The fourth-order valence-electron chi connectivity index (χ4n) is 2.54. The highest BCUT2D eigenvalue weighted by molar-refractivity contribution is 6.06. The van der Waals surface area contributed by atoms with E-state index in [1.165, 1.54) is 10.6 Å². The number of hydrogen-bond donors (Lipinski definition) is 4. The molecule has 0 saturated heterocycles. The lowest BCUT2D eigenvalue weighted by atomic mass is 10.1. The molecule has 0 bridgehead atoms. The molecule has 1 heterocycles. The number of allylic oxidation sites excluding steroid dienone is 1. The third-order valence-electron chi connectivity index (χ3n) is 3.90. The molecule has 0 spiro atoms. The van der Waals surface area contributed by atoms with Gasteiger partial charge in [0, 0.05) is 18.1 Å². The van der Waals surface area contributed by atoms with Gasteiger partial charge in [0.15, 0.2) is 5.84 Å². The van der Waals surface area contributed by atoms with Crippen LogP contribution < -0.4 is 15.6 Å². The maximum Gasteiger partial charge on any atom is 0.173 e. The summed E-state index contributed by atoms with van der Waals surface area (Å²) in [6.45, 7) is 0. The molecule has 3 rings (SSSR count). The first-order valence-corrected chi connectivity index (χ1v) is 8.05. The Labute approximate surface area is 146 Å². The molecule has 1 aliphatic heterocycles.